The summed E-state index contributed by atoms with van der Waals surface area (Å²) in [5.41, 5.74) is 1.59. The van der Waals surface area contributed by atoms with Crippen LogP contribution in [0.5, 0.6) is 0 Å². The Morgan fingerprint density at radius 2 is 2.00 bits per heavy atom. The van der Waals surface area contributed by atoms with Crippen molar-refractivity contribution in [3.8, 4) is 0 Å². The predicted molar refractivity (Wildman–Crippen MR) is 76.1 cm³/mol. The number of aryl methyl sites for hydroxylation is 1. The summed E-state index contributed by atoms with van der Waals surface area (Å²) >= 11 is 1.00. The molecule has 0 aliphatic carbocycles. The number of nitrogens with one attached hydrogen (secondary N) is 1. The van der Waals surface area contributed by atoms with Gasteiger partial charge in [0.25, 0.3) is 0 Å². The monoisotopic (exact) mass is 297 g/mol. The molecule has 1 aromatic rings. The molecular formula is C13H15NO5S. The molecule has 7 heteroatoms. The summed E-state index contributed by atoms with van der Waals surface area (Å²) in [6, 6.07) is 4.90. The number of carbonyl (C=O) groups excluding carboxylic acids is 2. The van der Waals surface area contributed by atoms with E-state index in [-0.39, 0.29) is 17.4 Å². The molecule has 1 amide bonds. The van der Waals surface area contributed by atoms with Crippen molar-refractivity contribution < 1.29 is 24.2 Å². The molecule has 2 N–H and O–H groups in total. The molecular weight excluding hydrogens is 282 g/mol. The van der Waals surface area contributed by atoms with Gasteiger partial charge in [-0.1, -0.05) is 6.07 Å². The number of benzene rings is 1. The van der Waals surface area contributed by atoms with Crippen molar-refractivity contribution >= 4 is 35.3 Å². The molecule has 0 aromatic heterocycles. The second-order valence-corrected chi connectivity index (χ2v) is 4.94. The standard InChI is InChI=1S/C13H15NO5S/c1-8-3-4-9(5-10(8)13(18)19-2)14-11(15)6-20-7-12(16)17/h3-5H,6-7H2,1-2H3,(H,14,15)(H,16,17). The zero-order chi connectivity index (χ0) is 15.1. The van der Waals surface area contributed by atoms with Gasteiger partial charge in [0, 0.05) is 5.69 Å². The first-order valence-corrected chi connectivity index (χ1v) is 6.88. The number of rotatable bonds is 6. The van der Waals surface area contributed by atoms with Crippen LogP contribution in [0.4, 0.5) is 5.69 Å². The van der Waals surface area contributed by atoms with Gasteiger partial charge in [0.05, 0.1) is 24.2 Å². The maximum Gasteiger partial charge on any atom is 0.338 e. The van der Waals surface area contributed by atoms with Crippen LogP contribution in [-0.2, 0) is 14.3 Å². The van der Waals surface area contributed by atoms with Gasteiger partial charge in [-0.2, -0.15) is 0 Å². The Kier molecular flexibility index (Phi) is 6.05. The van der Waals surface area contributed by atoms with Crippen LogP contribution in [0, 0.1) is 6.92 Å². The fraction of sp³-hybridized carbons (Fsp3) is 0.308. The van der Waals surface area contributed by atoms with E-state index < -0.39 is 11.9 Å². The van der Waals surface area contributed by atoms with Crippen molar-refractivity contribution in [2.75, 3.05) is 23.9 Å². The number of carboxylic acid groups (broad SMARTS) is 1. The highest BCUT2D eigenvalue weighted by Crippen LogP contribution is 2.16. The van der Waals surface area contributed by atoms with Gasteiger partial charge in [-0.05, 0) is 24.6 Å². The molecule has 0 atom stereocenters. The molecule has 108 valence electrons. The summed E-state index contributed by atoms with van der Waals surface area (Å²) in [6.45, 7) is 1.76. The molecule has 1 aromatic carbocycles. The number of carboxylic acids is 1. The first-order valence-electron chi connectivity index (χ1n) is 5.72. The van der Waals surface area contributed by atoms with Gasteiger partial charge >= 0.3 is 11.9 Å². The third kappa shape index (κ3) is 4.93. The number of ether oxygens (including phenoxy) is 1. The van der Waals surface area contributed by atoms with E-state index in [0.717, 1.165) is 17.3 Å². The molecule has 0 radical (unpaired) electrons. The van der Waals surface area contributed by atoms with Gasteiger partial charge < -0.3 is 15.2 Å². The summed E-state index contributed by atoms with van der Waals surface area (Å²) in [5.74, 6) is -1.86. The van der Waals surface area contributed by atoms with E-state index in [1.54, 1.807) is 19.1 Å². The Balaban J connectivity index is 2.66. The van der Waals surface area contributed by atoms with Crippen LogP contribution in [0.15, 0.2) is 18.2 Å². The minimum atomic E-state index is -0.967. The van der Waals surface area contributed by atoms with E-state index in [4.69, 9.17) is 5.11 Å². The van der Waals surface area contributed by atoms with Crippen LogP contribution in [-0.4, -0.2) is 41.6 Å². The van der Waals surface area contributed by atoms with Gasteiger partial charge in [0.2, 0.25) is 5.91 Å². The third-order valence-corrected chi connectivity index (χ3v) is 3.30. The highest BCUT2D eigenvalue weighted by molar-refractivity contribution is 8.00. The number of hydrogen-bond donors (Lipinski definition) is 2. The van der Waals surface area contributed by atoms with Crippen LogP contribution in [0.1, 0.15) is 15.9 Å². The largest absolute Gasteiger partial charge is 0.481 e. The minimum absolute atomic E-state index is 0.0355. The van der Waals surface area contributed by atoms with Crippen molar-refractivity contribution in [2.45, 2.75) is 6.92 Å². The van der Waals surface area contributed by atoms with E-state index in [1.807, 2.05) is 0 Å². The number of amides is 1. The van der Waals surface area contributed by atoms with E-state index in [2.05, 4.69) is 10.1 Å². The summed E-state index contributed by atoms with van der Waals surface area (Å²) in [5, 5.41) is 11.1. The second-order valence-electron chi connectivity index (χ2n) is 3.96. The fourth-order valence-corrected chi connectivity index (χ4v) is 1.99. The molecule has 1 rings (SSSR count). The van der Waals surface area contributed by atoms with Crippen LogP contribution in [0.2, 0.25) is 0 Å². The lowest BCUT2D eigenvalue weighted by atomic mass is 10.1. The quantitative estimate of drug-likeness (QED) is 0.774. The summed E-state index contributed by atoms with van der Waals surface area (Å²) in [6.07, 6.45) is 0. The highest BCUT2D eigenvalue weighted by atomic mass is 32.2. The zero-order valence-electron chi connectivity index (χ0n) is 11.1. The predicted octanol–water partition coefficient (Wildman–Crippen LogP) is 1.54. The van der Waals surface area contributed by atoms with Crippen molar-refractivity contribution in [1.82, 2.24) is 0 Å². The lowest BCUT2D eigenvalue weighted by Gasteiger charge is -2.08. The number of aliphatic carboxylic acids is 1. The maximum absolute atomic E-state index is 11.6. The third-order valence-electron chi connectivity index (χ3n) is 2.39. The van der Waals surface area contributed by atoms with Gasteiger partial charge in [0.1, 0.15) is 0 Å². The van der Waals surface area contributed by atoms with Crippen molar-refractivity contribution in [3.05, 3.63) is 29.3 Å². The zero-order valence-corrected chi connectivity index (χ0v) is 12.0. The van der Waals surface area contributed by atoms with Gasteiger partial charge in [0.15, 0.2) is 0 Å². The van der Waals surface area contributed by atoms with Crippen LogP contribution < -0.4 is 5.32 Å². The molecule has 0 saturated heterocycles. The lowest BCUT2D eigenvalue weighted by molar-refractivity contribution is -0.133. The molecule has 0 bridgehead atoms. The van der Waals surface area contributed by atoms with Crippen LogP contribution in [0.3, 0.4) is 0 Å². The van der Waals surface area contributed by atoms with Gasteiger partial charge in [-0.15, -0.1) is 11.8 Å². The summed E-state index contributed by atoms with van der Waals surface area (Å²) < 4.78 is 4.65. The smallest absolute Gasteiger partial charge is 0.338 e. The molecule has 0 fully saturated rings. The SMILES string of the molecule is COC(=O)c1cc(NC(=O)CSCC(=O)O)ccc1C. The number of anilines is 1. The first-order chi connectivity index (χ1) is 9.43. The molecule has 0 heterocycles. The average Bonchev–Trinajstić information content (AvgIpc) is 2.39. The van der Waals surface area contributed by atoms with E-state index in [1.165, 1.54) is 13.2 Å². The first kappa shape index (κ1) is 16.0. The fourth-order valence-electron chi connectivity index (χ4n) is 1.46. The number of carbonyl (C=O) groups is 3. The Labute approximate surface area is 120 Å². The Morgan fingerprint density at radius 3 is 2.60 bits per heavy atom. The molecule has 0 saturated carbocycles. The number of hydrogen-bond acceptors (Lipinski definition) is 5. The lowest BCUT2D eigenvalue weighted by Crippen LogP contribution is -2.16. The van der Waals surface area contributed by atoms with Crippen LogP contribution in [0.25, 0.3) is 0 Å². The molecule has 0 spiro atoms. The molecule has 6 nitrogen and oxygen atoms in total. The second kappa shape index (κ2) is 7.54. The maximum atomic E-state index is 11.6. The van der Waals surface area contributed by atoms with Crippen molar-refractivity contribution in [2.24, 2.45) is 0 Å². The number of thioether (sulfide) groups is 1. The highest BCUT2D eigenvalue weighted by Gasteiger charge is 2.11. The minimum Gasteiger partial charge on any atom is -0.481 e. The molecule has 20 heavy (non-hydrogen) atoms. The number of methoxy groups -OCH3 is 1. The van der Waals surface area contributed by atoms with Crippen molar-refractivity contribution in [3.63, 3.8) is 0 Å². The van der Waals surface area contributed by atoms with E-state index in [9.17, 15) is 14.4 Å². The Hall–Kier alpha value is -2.02. The molecule has 0 unspecified atom stereocenters. The Bertz CT molecular complexity index is 529. The van der Waals surface area contributed by atoms with Gasteiger partial charge in [-0.25, -0.2) is 4.79 Å². The molecule has 0 aliphatic heterocycles. The Morgan fingerprint density at radius 1 is 1.30 bits per heavy atom. The average molecular weight is 297 g/mol. The molecule has 0 aliphatic rings. The summed E-state index contributed by atoms with van der Waals surface area (Å²) in [7, 11) is 1.29. The number of esters is 1. The van der Waals surface area contributed by atoms with E-state index >= 15 is 0 Å². The van der Waals surface area contributed by atoms with E-state index in [0.29, 0.717) is 11.3 Å². The summed E-state index contributed by atoms with van der Waals surface area (Å²) in [4.78, 5) is 33.4. The topological polar surface area (TPSA) is 92.7 Å². The van der Waals surface area contributed by atoms with Crippen LogP contribution >= 0.6 is 11.8 Å². The normalized spacial score (nSPS) is 9.90. The van der Waals surface area contributed by atoms with Crippen molar-refractivity contribution in [1.29, 1.82) is 0 Å². The van der Waals surface area contributed by atoms with Gasteiger partial charge in [-0.3, -0.25) is 9.59 Å².